The first-order valence-corrected chi connectivity index (χ1v) is 6.53. The third kappa shape index (κ3) is 2.41. The summed E-state index contributed by atoms with van der Waals surface area (Å²) in [6, 6.07) is 1.91. The molecule has 2 rings (SSSR count). The van der Waals surface area contributed by atoms with E-state index in [1.165, 1.54) is 0 Å². The predicted octanol–water partition coefficient (Wildman–Crippen LogP) is 1.07. The highest BCUT2D eigenvalue weighted by Gasteiger charge is 2.36. The molecule has 2 unspecified atom stereocenters. The first kappa shape index (κ1) is 13.1. The lowest BCUT2D eigenvalue weighted by Crippen LogP contribution is -2.50. The van der Waals surface area contributed by atoms with Crippen LogP contribution in [0.15, 0.2) is 12.3 Å². The lowest BCUT2D eigenvalue weighted by Gasteiger charge is -2.40. The van der Waals surface area contributed by atoms with E-state index in [9.17, 15) is 4.79 Å². The van der Waals surface area contributed by atoms with Crippen LogP contribution in [0, 0.1) is 5.92 Å². The number of likely N-dealkylation sites (tertiary alicyclic amines) is 1. The van der Waals surface area contributed by atoms with Crippen molar-refractivity contribution in [2.24, 2.45) is 18.7 Å². The molecular formula is C13H22N4O. The van der Waals surface area contributed by atoms with Crippen LogP contribution in [0.2, 0.25) is 0 Å². The second-order valence-electron chi connectivity index (χ2n) is 5.47. The van der Waals surface area contributed by atoms with Crippen molar-refractivity contribution in [2.75, 3.05) is 6.54 Å². The Bertz CT molecular complexity index is 426. The van der Waals surface area contributed by atoms with Gasteiger partial charge in [0.15, 0.2) is 0 Å². The van der Waals surface area contributed by atoms with E-state index in [0.717, 1.165) is 18.7 Å². The van der Waals surface area contributed by atoms with Crippen LogP contribution < -0.4 is 5.73 Å². The van der Waals surface area contributed by atoms with E-state index in [1.807, 2.05) is 22.7 Å². The summed E-state index contributed by atoms with van der Waals surface area (Å²) in [4.78, 5) is 14.1. The zero-order valence-corrected chi connectivity index (χ0v) is 11.3. The molecule has 1 saturated heterocycles. The van der Waals surface area contributed by atoms with Gasteiger partial charge < -0.3 is 10.6 Å². The summed E-state index contributed by atoms with van der Waals surface area (Å²) < 4.78 is 1.82. The summed E-state index contributed by atoms with van der Waals surface area (Å²) in [6.45, 7) is 4.99. The summed E-state index contributed by atoms with van der Waals surface area (Å²) in [5, 5.41) is 4.19. The molecular weight excluding hydrogens is 228 g/mol. The van der Waals surface area contributed by atoms with Gasteiger partial charge in [0.05, 0.1) is 11.7 Å². The first-order chi connectivity index (χ1) is 8.50. The Balaban J connectivity index is 2.32. The Morgan fingerprint density at radius 1 is 1.56 bits per heavy atom. The summed E-state index contributed by atoms with van der Waals surface area (Å²) in [5.41, 5.74) is 7.26. The smallest absolute Gasteiger partial charge is 0.223 e. The fourth-order valence-electron chi connectivity index (χ4n) is 2.64. The Labute approximate surface area is 108 Å². The van der Waals surface area contributed by atoms with Crippen LogP contribution in [-0.4, -0.2) is 33.2 Å². The number of nitrogens with two attached hydrogens (primary N) is 1. The number of aryl methyl sites for hydroxylation is 1. The van der Waals surface area contributed by atoms with Gasteiger partial charge in [-0.15, -0.1) is 0 Å². The van der Waals surface area contributed by atoms with Crippen molar-refractivity contribution in [3.63, 3.8) is 0 Å². The van der Waals surface area contributed by atoms with Crippen LogP contribution in [0.3, 0.4) is 0 Å². The number of aromatic nitrogens is 2. The Morgan fingerprint density at radius 2 is 2.28 bits per heavy atom. The minimum atomic E-state index is -0.0406. The van der Waals surface area contributed by atoms with E-state index in [2.05, 4.69) is 18.9 Å². The summed E-state index contributed by atoms with van der Waals surface area (Å²) in [5.74, 6) is 0.645. The maximum absolute atomic E-state index is 12.1. The van der Waals surface area contributed by atoms with Crippen LogP contribution in [-0.2, 0) is 11.8 Å². The van der Waals surface area contributed by atoms with Crippen LogP contribution in [0.1, 0.15) is 38.4 Å². The summed E-state index contributed by atoms with van der Waals surface area (Å²) >= 11 is 0. The van der Waals surface area contributed by atoms with Gasteiger partial charge in [-0.3, -0.25) is 9.48 Å². The number of carbonyl (C=O) groups is 1. The van der Waals surface area contributed by atoms with Gasteiger partial charge in [-0.2, -0.15) is 5.10 Å². The van der Waals surface area contributed by atoms with E-state index in [0.29, 0.717) is 12.3 Å². The number of hydrogen-bond donors (Lipinski definition) is 1. The molecule has 1 amide bonds. The minimum Gasteiger partial charge on any atom is -0.332 e. The highest BCUT2D eigenvalue weighted by molar-refractivity contribution is 5.77. The van der Waals surface area contributed by atoms with Crippen LogP contribution >= 0.6 is 0 Å². The zero-order chi connectivity index (χ0) is 13.3. The van der Waals surface area contributed by atoms with E-state index in [1.54, 1.807) is 6.20 Å². The molecule has 0 aliphatic carbocycles. The second-order valence-corrected chi connectivity index (χ2v) is 5.47. The quantitative estimate of drug-likeness (QED) is 0.872. The first-order valence-electron chi connectivity index (χ1n) is 6.53. The highest BCUT2D eigenvalue weighted by atomic mass is 16.2. The Hall–Kier alpha value is -1.36. The maximum atomic E-state index is 12.1. The molecule has 1 aliphatic heterocycles. The standard InChI is InChI=1S/C13H22N4O/c1-9(2)8-17-12(18)5-4-10(14)13(17)11-6-7-15-16(11)3/h6-7,9-10,13H,4-5,8,14H2,1-3H3. The molecule has 100 valence electrons. The molecule has 2 atom stereocenters. The van der Waals surface area contributed by atoms with E-state index in [4.69, 9.17) is 5.73 Å². The van der Waals surface area contributed by atoms with E-state index in [-0.39, 0.29) is 18.0 Å². The molecule has 0 aromatic carbocycles. The highest BCUT2D eigenvalue weighted by Crippen LogP contribution is 2.31. The minimum absolute atomic E-state index is 0.00292. The number of nitrogens with zero attached hydrogens (tertiary/aromatic N) is 3. The lowest BCUT2D eigenvalue weighted by atomic mass is 9.93. The number of piperidine rings is 1. The average Bonchev–Trinajstić information content (AvgIpc) is 2.70. The zero-order valence-electron chi connectivity index (χ0n) is 11.3. The van der Waals surface area contributed by atoms with Crippen LogP contribution in [0.5, 0.6) is 0 Å². The number of amides is 1. The van der Waals surface area contributed by atoms with Gasteiger partial charge in [0, 0.05) is 32.3 Å². The number of carbonyl (C=O) groups excluding carboxylic acids is 1. The van der Waals surface area contributed by atoms with Gasteiger partial charge in [-0.25, -0.2) is 0 Å². The number of rotatable bonds is 3. The second kappa shape index (κ2) is 5.10. The fraction of sp³-hybridized carbons (Fsp3) is 0.692. The van der Waals surface area contributed by atoms with Gasteiger partial charge in [0.2, 0.25) is 5.91 Å². The summed E-state index contributed by atoms with van der Waals surface area (Å²) in [7, 11) is 1.90. The van der Waals surface area contributed by atoms with Crippen molar-refractivity contribution in [3.8, 4) is 0 Å². The maximum Gasteiger partial charge on any atom is 0.223 e. The topological polar surface area (TPSA) is 64.2 Å². The molecule has 1 aromatic heterocycles. The monoisotopic (exact) mass is 250 g/mol. The molecule has 0 spiro atoms. The predicted molar refractivity (Wildman–Crippen MR) is 69.7 cm³/mol. The summed E-state index contributed by atoms with van der Waals surface area (Å²) in [6.07, 6.45) is 3.07. The third-order valence-corrected chi connectivity index (χ3v) is 3.48. The van der Waals surface area contributed by atoms with Crippen molar-refractivity contribution in [3.05, 3.63) is 18.0 Å². The molecule has 0 saturated carbocycles. The van der Waals surface area contributed by atoms with E-state index < -0.39 is 0 Å². The van der Waals surface area contributed by atoms with Crippen molar-refractivity contribution in [2.45, 2.75) is 38.8 Å². The molecule has 2 heterocycles. The number of hydrogen-bond acceptors (Lipinski definition) is 3. The van der Waals surface area contributed by atoms with Gasteiger partial charge in [0.25, 0.3) is 0 Å². The Kier molecular flexibility index (Phi) is 3.71. The molecule has 2 N–H and O–H groups in total. The molecule has 18 heavy (non-hydrogen) atoms. The molecule has 1 aliphatic rings. The van der Waals surface area contributed by atoms with E-state index >= 15 is 0 Å². The van der Waals surface area contributed by atoms with Crippen molar-refractivity contribution < 1.29 is 4.79 Å². The van der Waals surface area contributed by atoms with Crippen molar-refractivity contribution >= 4 is 5.91 Å². The SMILES string of the molecule is CC(C)CN1C(=O)CCC(N)C1c1ccnn1C. The van der Waals surface area contributed by atoms with Gasteiger partial charge >= 0.3 is 0 Å². The third-order valence-electron chi connectivity index (χ3n) is 3.48. The molecule has 0 bridgehead atoms. The normalized spacial score (nSPS) is 24.9. The molecule has 5 nitrogen and oxygen atoms in total. The largest absolute Gasteiger partial charge is 0.332 e. The lowest BCUT2D eigenvalue weighted by molar-refractivity contribution is -0.138. The van der Waals surface area contributed by atoms with Crippen molar-refractivity contribution in [1.29, 1.82) is 0 Å². The van der Waals surface area contributed by atoms with Gasteiger partial charge in [-0.1, -0.05) is 13.8 Å². The van der Waals surface area contributed by atoms with Crippen LogP contribution in [0.25, 0.3) is 0 Å². The molecule has 0 radical (unpaired) electrons. The van der Waals surface area contributed by atoms with Gasteiger partial charge in [-0.05, 0) is 18.4 Å². The molecule has 1 fully saturated rings. The Morgan fingerprint density at radius 3 is 2.83 bits per heavy atom. The van der Waals surface area contributed by atoms with Crippen molar-refractivity contribution in [1.82, 2.24) is 14.7 Å². The fourth-order valence-corrected chi connectivity index (χ4v) is 2.64. The molecule has 1 aromatic rings. The van der Waals surface area contributed by atoms with Gasteiger partial charge in [0.1, 0.15) is 0 Å². The van der Waals surface area contributed by atoms with Crippen LogP contribution in [0.4, 0.5) is 0 Å². The average molecular weight is 250 g/mol. The molecule has 5 heteroatoms.